The summed E-state index contributed by atoms with van der Waals surface area (Å²) in [5.41, 5.74) is 2.22. The summed E-state index contributed by atoms with van der Waals surface area (Å²) >= 11 is 0. The first-order chi connectivity index (χ1) is 14.7. The molecule has 2 aliphatic rings. The van der Waals surface area contributed by atoms with Crippen LogP contribution in [0.15, 0.2) is 73.1 Å². The molecule has 2 atom stereocenters. The highest BCUT2D eigenvalue weighted by Crippen LogP contribution is 2.49. The largest absolute Gasteiger partial charge is 0.455 e. The fourth-order valence-electron chi connectivity index (χ4n) is 4.17. The molecule has 0 spiro atoms. The quantitative estimate of drug-likeness (QED) is 0.663. The van der Waals surface area contributed by atoms with Gasteiger partial charge in [0.2, 0.25) is 0 Å². The zero-order valence-electron chi connectivity index (χ0n) is 16.3. The normalized spacial score (nSPS) is 21.4. The van der Waals surface area contributed by atoms with Crippen molar-refractivity contribution >= 4 is 5.91 Å². The number of ether oxygens (including phenoxy) is 1. The predicted molar refractivity (Wildman–Crippen MR) is 112 cm³/mol. The van der Waals surface area contributed by atoms with Crippen molar-refractivity contribution in [2.75, 3.05) is 13.1 Å². The molecule has 0 bridgehead atoms. The van der Waals surface area contributed by atoms with Crippen LogP contribution in [0.4, 0.5) is 0 Å². The van der Waals surface area contributed by atoms with Gasteiger partial charge in [0.25, 0.3) is 5.91 Å². The smallest absolute Gasteiger partial charge is 0.251 e. The molecule has 3 aromatic rings. The van der Waals surface area contributed by atoms with E-state index >= 15 is 0 Å². The van der Waals surface area contributed by atoms with Crippen molar-refractivity contribution in [1.82, 2.24) is 15.2 Å². The number of rotatable bonds is 5. The van der Waals surface area contributed by atoms with Crippen molar-refractivity contribution in [2.45, 2.75) is 12.0 Å². The average molecular weight is 396 g/mol. The molecule has 1 aromatic heterocycles. The van der Waals surface area contributed by atoms with Crippen LogP contribution < -0.4 is 10.1 Å². The van der Waals surface area contributed by atoms with Crippen molar-refractivity contribution in [1.29, 1.82) is 5.26 Å². The zero-order valence-corrected chi connectivity index (χ0v) is 16.3. The minimum Gasteiger partial charge on any atom is -0.455 e. The molecule has 1 unspecified atom stereocenters. The van der Waals surface area contributed by atoms with E-state index in [0.29, 0.717) is 23.8 Å². The van der Waals surface area contributed by atoms with E-state index < -0.39 is 0 Å². The summed E-state index contributed by atoms with van der Waals surface area (Å²) in [5.74, 6) is 1.68. The molecule has 30 heavy (non-hydrogen) atoms. The summed E-state index contributed by atoms with van der Waals surface area (Å²) in [6, 6.07) is 18.9. The molecule has 1 saturated carbocycles. The first kappa shape index (κ1) is 18.2. The number of pyridine rings is 1. The number of amides is 1. The number of hydrogen-bond donors (Lipinski definition) is 1. The highest BCUT2D eigenvalue weighted by atomic mass is 16.5. The SMILES string of the molecule is N#CN1CC2C[C@]2(NC(=O)c2ccc(-c3ccncc3Oc3ccccc3)cc2)C1. The molecule has 1 aliphatic carbocycles. The molecule has 6 nitrogen and oxygen atoms in total. The molecule has 2 heterocycles. The van der Waals surface area contributed by atoms with Gasteiger partial charge in [0.05, 0.1) is 18.3 Å². The van der Waals surface area contributed by atoms with Gasteiger partial charge < -0.3 is 15.0 Å². The number of piperidine rings is 1. The van der Waals surface area contributed by atoms with Crippen LogP contribution >= 0.6 is 0 Å². The summed E-state index contributed by atoms with van der Waals surface area (Å²) in [6.45, 7) is 1.34. The maximum atomic E-state index is 12.7. The van der Waals surface area contributed by atoms with Crippen molar-refractivity contribution in [3.05, 3.63) is 78.6 Å². The van der Waals surface area contributed by atoms with Crippen molar-refractivity contribution in [2.24, 2.45) is 5.92 Å². The van der Waals surface area contributed by atoms with Crippen LogP contribution in [-0.2, 0) is 0 Å². The zero-order chi connectivity index (χ0) is 20.6. The van der Waals surface area contributed by atoms with Gasteiger partial charge in [-0.15, -0.1) is 0 Å². The average Bonchev–Trinajstić information content (AvgIpc) is 3.33. The van der Waals surface area contributed by atoms with Gasteiger partial charge in [-0.05, 0) is 42.3 Å². The number of nitriles is 1. The van der Waals surface area contributed by atoms with Crippen molar-refractivity contribution in [3.63, 3.8) is 0 Å². The summed E-state index contributed by atoms with van der Waals surface area (Å²) in [6.07, 6.45) is 6.54. The Hall–Kier alpha value is -3.85. The fraction of sp³-hybridized carbons (Fsp3) is 0.208. The van der Waals surface area contributed by atoms with Crippen LogP contribution in [0.2, 0.25) is 0 Å². The van der Waals surface area contributed by atoms with E-state index in [1.165, 1.54) is 0 Å². The Morgan fingerprint density at radius 2 is 1.97 bits per heavy atom. The first-order valence-electron chi connectivity index (χ1n) is 9.91. The van der Waals surface area contributed by atoms with E-state index in [4.69, 9.17) is 10.00 Å². The maximum Gasteiger partial charge on any atom is 0.251 e. The van der Waals surface area contributed by atoms with Crippen LogP contribution in [0.25, 0.3) is 11.1 Å². The third-order valence-electron chi connectivity index (χ3n) is 5.86. The number of aromatic nitrogens is 1. The van der Waals surface area contributed by atoms with E-state index in [9.17, 15) is 4.79 Å². The molecule has 2 fully saturated rings. The number of carbonyl (C=O) groups is 1. The summed E-state index contributed by atoms with van der Waals surface area (Å²) in [5, 5.41) is 12.2. The van der Waals surface area contributed by atoms with Crippen molar-refractivity contribution < 1.29 is 9.53 Å². The Morgan fingerprint density at radius 1 is 1.17 bits per heavy atom. The Bertz CT molecular complexity index is 1120. The Balaban J connectivity index is 1.32. The van der Waals surface area contributed by atoms with Crippen LogP contribution in [0, 0.1) is 17.4 Å². The molecular formula is C24H20N4O2. The lowest BCUT2D eigenvalue weighted by Crippen LogP contribution is -2.41. The number of nitrogens with zero attached hydrogens (tertiary/aromatic N) is 3. The first-order valence-corrected chi connectivity index (χ1v) is 9.91. The van der Waals surface area contributed by atoms with Gasteiger partial charge in [-0.25, -0.2) is 0 Å². The van der Waals surface area contributed by atoms with Crippen LogP contribution in [0.3, 0.4) is 0 Å². The monoisotopic (exact) mass is 396 g/mol. The van der Waals surface area contributed by atoms with E-state index in [2.05, 4.69) is 16.5 Å². The fourth-order valence-corrected chi connectivity index (χ4v) is 4.17. The number of fused-ring (bicyclic) bond motifs is 1. The topological polar surface area (TPSA) is 78.3 Å². The highest BCUT2D eigenvalue weighted by molar-refractivity contribution is 5.95. The maximum absolute atomic E-state index is 12.7. The summed E-state index contributed by atoms with van der Waals surface area (Å²) in [7, 11) is 0. The second-order valence-electron chi connectivity index (χ2n) is 7.86. The molecule has 1 amide bonds. The van der Waals surface area contributed by atoms with Crippen LogP contribution in [0.1, 0.15) is 16.8 Å². The molecule has 0 radical (unpaired) electrons. The minimum absolute atomic E-state index is 0.0978. The lowest BCUT2D eigenvalue weighted by Gasteiger charge is -2.17. The number of nitrogens with one attached hydrogen (secondary N) is 1. The Labute approximate surface area is 174 Å². The molecule has 1 aliphatic heterocycles. The van der Waals surface area contributed by atoms with Gasteiger partial charge in [0.15, 0.2) is 11.9 Å². The summed E-state index contributed by atoms with van der Waals surface area (Å²) in [4.78, 5) is 18.6. The molecule has 2 aromatic carbocycles. The molecule has 5 rings (SSSR count). The van der Waals surface area contributed by atoms with E-state index in [0.717, 1.165) is 29.8 Å². The van der Waals surface area contributed by atoms with Gasteiger partial charge >= 0.3 is 0 Å². The third-order valence-corrected chi connectivity index (χ3v) is 5.86. The van der Waals surface area contributed by atoms with Crippen LogP contribution in [-0.4, -0.2) is 34.4 Å². The second kappa shape index (κ2) is 7.20. The van der Waals surface area contributed by atoms with E-state index in [1.807, 2.05) is 60.7 Å². The number of likely N-dealkylation sites (tertiary alicyclic amines) is 1. The van der Waals surface area contributed by atoms with E-state index in [-0.39, 0.29) is 11.4 Å². The lowest BCUT2D eigenvalue weighted by molar-refractivity contribution is 0.0929. The lowest BCUT2D eigenvalue weighted by atomic mass is 10.0. The molecule has 148 valence electrons. The van der Waals surface area contributed by atoms with Crippen molar-refractivity contribution in [3.8, 4) is 28.8 Å². The molecule has 1 N–H and O–H groups in total. The van der Waals surface area contributed by atoms with Gasteiger partial charge in [0, 0.05) is 29.8 Å². The second-order valence-corrected chi connectivity index (χ2v) is 7.86. The van der Waals surface area contributed by atoms with E-state index in [1.54, 1.807) is 17.3 Å². The van der Waals surface area contributed by atoms with Gasteiger partial charge in [-0.2, -0.15) is 5.26 Å². The Morgan fingerprint density at radius 3 is 2.70 bits per heavy atom. The highest BCUT2D eigenvalue weighted by Gasteiger charge is 2.61. The Kier molecular flexibility index (Phi) is 4.36. The van der Waals surface area contributed by atoms with Crippen LogP contribution in [0.5, 0.6) is 11.5 Å². The summed E-state index contributed by atoms with van der Waals surface area (Å²) < 4.78 is 6.00. The van der Waals surface area contributed by atoms with Gasteiger partial charge in [0.1, 0.15) is 5.75 Å². The van der Waals surface area contributed by atoms with Gasteiger partial charge in [-0.3, -0.25) is 9.78 Å². The predicted octanol–water partition coefficient (Wildman–Crippen LogP) is 3.83. The molecule has 6 heteroatoms. The number of hydrogen-bond acceptors (Lipinski definition) is 5. The standard InChI is InChI=1S/C24H20N4O2/c25-16-28-14-19-12-24(19,15-28)27-23(29)18-8-6-17(7-9-18)21-10-11-26-13-22(21)30-20-4-2-1-3-5-20/h1-11,13,19H,12,14-15H2,(H,27,29)/t19?,24-/m0/s1. The molecule has 1 saturated heterocycles. The number of benzene rings is 2. The minimum atomic E-state index is -0.229. The number of carbonyl (C=O) groups excluding carboxylic acids is 1. The molecular weight excluding hydrogens is 376 g/mol. The third kappa shape index (κ3) is 3.35. The number of para-hydroxylation sites is 1. The van der Waals surface area contributed by atoms with Gasteiger partial charge in [-0.1, -0.05) is 30.3 Å².